The standard InChI is InChI=1S/C23H30N2O/c1-17-13-15-20(16-14-17)22(19-9-5-3-6-10-19)24-18(2)23(26)25-21-11-7-4-8-12-21/h3,5-6,9-10,13-16,18,21-22,24H,4,7-8,11-12H2,1-2H3,(H,25,26)/t18-,22+/m1/s1. The molecule has 3 nitrogen and oxygen atoms in total. The van der Waals surface area contributed by atoms with E-state index in [9.17, 15) is 4.79 Å². The van der Waals surface area contributed by atoms with Gasteiger partial charge in [-0.2, -0.15) is 0 Å². The van der Waals surface area contributed by atoms with E-state index < -0.39 is 0 Å². The van der Waals surface area contributed by atoms with Crippen molar-refractivity contribution in [3.8, 4) is 0 Å². The van der Waals surface area contributed by atoms with Crippen molar-refractivity contribution in [1.29, 1.82) is 0 Å². The smallest absolute Gasteiger partial charge is 0.237 e. The fourth-order valence-electron chi connectivity index (χ4n) is 3.69. The summed E-state index contributed by atoms with van der Waals surface area (Å²) in [6.45, 7) is 4.05. The Morgan fingerprint density at radius 1 is 0.923 bits per heavy atom. The zero-order chi connectivity index (χ0) is 18.4. The fraction of sp³-hybridized carbons (Fsp3) is 0.435. The van der Waals surface area contributed by atoms with Crippen LogP contribution in [-0.2, 0) is 4.79 Å². The van der Waals surface area contributed by atoms with Gasteiger partial charge in [0.1, 0.15) is 0 Å². The second-order valence-corrected chi connectivity index (χ2v) is 7.49. The predicted octanol–water partition coefficient (Wildman–Crippen LogP) is 4.51. The summed E-state index contributed by atoms with van der Waals surface area (Å²) in [5.74, 6) is 0.102. The van der Waals surface area contributed by atoms with Crippen LogP contribution in [-0.4, -0.2) is 18.0 Å². The van der Waals surface area contributed by atoms with Crippen molar-refractivity contribution in [2.45, 2.75) is 64.1 Å². The quantitative estimate of drug-likeness (QED) is 0.805. The second kappa shape index (κ2) is 9.00. The zero-order valence-corrected chi connectivity index (χ0v) is 15.9. The highest BCUT2D eigenvalue weighted by molar-refractivity contribution is 5.81. The minimum Gasteiger partial charge on any atom is -0.352 e. The highest BCUT2D eigenvalue weighted by atomic mass is 16.2. The van der Waals surface area contributed by atoms with Crippen LogP contribution < -0.4 is 10.6 Å². The van der Waals surface area contributed by atoms with Gasteiger partial charge in [0.05, 0.1) is 12.1 Å². The molecule has 138 valence electrons. The number of amides is 1. The van der Waals surface area contributed by atoms with Crippen molar-refractivity contribution in [3.63, 3.8) is 0 Å². The van der Waals surface area contributed by atoms with Gasteiger partial charge in [-0.15, -0.1) is 0 Å². The number of benzene rings is 2. The molecule has 1 fully saturated rings. The molecule has 0 aliphatic heterocycles. The number of aryl methyl sites for hydroxylation is 1. The summed E-state index contributed by atoms with van der Waals surface area (Å²) in [4.78, 5) is 12.7. The predicted molar refractivity (Wildman–Crippen MR) is 107 cm³/mol. The largest absolute Gasteiger partial charge is 0.352 e. The molecule has 3 heteroatoms. The minimum absolute atomic E-state index is 0.00362. The van der Waals surface area contributed by atoms with Crippen LogP contribution in [0.15, 0.2) is 54.6 Å². The summed E-state index contributed by atoms with van der Waals surface area (Å²) < 4.78 is 0. The molecule has 0 heterocycles. The average molecular weight is 351 g/mol. The maximum atomic E-state index is 12.7. The lowest BCUT2D eigenvalue weighted by molar-refractivity contribution is -0.123. The molecular formula is C23H30N2O. The molecule has 0 spiro atoms. The van der Waals surface area contributed by atoms with Gasteiger partial charge in [-0.05, 0) is 37.8 Å². The summed E-state index contributed by atoms with van der Waals surface area (Å²) in [6, 6.07) is 19.0. The highest BCUT2D eigenvalue weighted by Crippen LogP contribution is 2.23. The van der Waals surface area contributed by atoms with Crippen LogP contribution in [0.1, 0.15) is 61.8 Å². The molecule has 3 rings (SSSR count). The molecule has 0 saturated heterocycles. The Kier molecular flexibility index (Phi) is 6.45. The topological polar surface area (TPSA) is 41.1 Å². The molecular weight excluding hydrogens is 320 g/mol. The molecule has 1 amide bonds. The van der Waals surface area contributed by atoms with Crippen LogP contribution in [0, 0.1) is 6.92 Å². The highest BCUT2D eigenvalue weighted by Gasteiger charge is 2.23. The van der Waals surface area contributed by atoms with E-state index in [0.29, 0.717) is 6.04 Å². The number of hydrogen-bond acceptors (Lipinski definition) is 2. The third-order valence-corrected chi connectivity index (χ3v) is 5.31. The van der Waals surface area contributed by atoms with Crippen LogP contribution in [0.25, 0.3) is 0 Å². The van der Waals surface area contributed by atoms with Gasteiger partial charge in [0.15, 0.2) is 0 Å². The Bertz CT molecular complexity index is 690. The minimum atomic E-state index is -0.247. The molecule has 0 aromatic heterocycles. The van der Waals surface area contributed by atoms with Gasteiger partial charge >= 0.3 is 0 Å². The molecule has 1 aliphatic rings. The van der Waals surface area contributed by atoms with E-state index in [4.69, 9.17) is 0 Å². The first-order valence-electron chi connectivity index (χ1n) is 9.81. The molecule has 2 aromatic rings. The van der Waals surface area contributed by atoms with Gasteiger partial charge in [0.25, 0.3) is 0 Å². The van der Waals surface area contributed by atoms with Crippen LogP contribution >= 0.6 is 0 Å². The Morgan fingerprint density at radius 3 is 2.19 bits per heavy atom. The molecule has 1 aliphatic carbocycles. The van der Waals surface area contributed by atoms with Crippen LogP contribution in [0.3, 0.4) is 0 Å². The first kappa shape index (κ1) is 18.7. The first-order valence-corrected chi connectivity index (χ1v) is 9.81. The number of hydrogen-bond donors (Lipinski definition) is 2. The summed E-state index contributed by atoms with van der Waals surface area (Å²) in [6.07, 6.45) is 5.96. The van der Waals surface area contributed by atoms with E-state index in [-0.39, 0.29) is 18.0 Å². The van der Waals surface area contributed by atoms with E-state index in [1.54, 1.807) is 0 Å². The molecule has 2 N–H and O–H groups in total. The maximum Gasteiger partial charge on any atom is 0.237 e. The third-order valence-electron chi connectivity index (χ3n) is 5.31. The Hall–Kier alpha value is -2.13. The van der Waals surface area contributed by atoms with Crippen molar-refractivity contribution in [1.82, 2.24) is 10.6 Å². The van der Waals surface area contributed by atoms with Crippen LogP contribution in [0.2, 0.25) is 0 Å². The molecule has 0 radical (unpaired) electrons. The normalized spacial score (nSPS) is 17.5. The van der Waals surface area contributed by atoms with Gasteiger partial charge in [-0.1, -0.05) is 79.4 Å². The monoisotopic (exact) mass is 350 g/mol. The van der Waals surface area contributed by atoms with Crippen LogP contribution in [0.5, 0.6) is 0 Å². The molecule has 26 heavy (non-hydrogen) atoms. The van der Waals surface area contributed by atoms with E-state index in [2.05, 4.69) is 54.0 Å². The molecule has 0 bridgehead atoms. The maximum absolute atomic E-state index is 12.7. The van der Waals surface area contributed by atoms with Crippen LogP contribution in [0.4, 0.5) is 0 Å². The lowest BCUT2D eigenvalue weighted by Gasteiger charge is -2.27. The number of carbonyl (C=O) groups is 1. The third kappa shape index (κ3) is 4.95. The van der Waals surface area contributed by atoms with Crippen molar-refractivity contribution in [3.05, 3.63) is 71.3 Å². The van der Waals surface area contributed by atoms with Gasteiger partial charge in [-0.3, -0.25) is 10.1 Å². The second-order valence-electron chi connectivity index (χ2n) is 7.49. The average Bonchev–Trinajstić information content (AvgIpc) is 2.68. The number of carbonyl (C=O) groups excluding carboxylic acids is 1. The van der Waals surface area contributed by atoms with E-state index in [1.807, 2.05) is 25.1 Å². The summed E-state index contributed by atoms with van der Waals surface area (Å²) in [7, 11) is 0. The Balaban J connectivity index is 1.72. The first-order chi connectivity index (χ1) is 12.6. The number of nitrogens with one attached hydrogen (secondary N) is 2. The Morgan fingerprint density at radius 2 is 1.54 bits per heavy atom. The van der Waals surface area contributed by atoms with Gasteiger partial charge in [0, 0.05) is 6.04 Å². The van der Waals surface area contributed by atoms with E-state index in [0.717, 1.165) is 12.8 Å². The lowest BCUT2D eigenvalue weighted by Crippen LogP contribution is -2.47. The van der Waals surface area contributed by atoms with Gasteiger partial charge < -0.3 is 5.32 Å². The summed E-state index contributed by atoms with van der Waals surface area (Å²) in [5, 5.41) is 6.78. The van der Waals surface area contributed by atoms with Gasteiger partial charge in [-0.25, -0.2) is 0 Å². The number of rotatable bonds is 6. The molecule has 2 aromatic carbocycles. The lowest BCUT2D eigenvalue weighted by atomic mass is 9.95. The van der Waals surface area contributed by atoms with Crippen molar-refractivity contribution < 1.29 is 4.79 Å². The summed E-state index contributed by atoms with van der Waals surface area (Å²) >= 11 is 0. The van der Waals surface area contributed by atoms with E-state index >= 15 is 0 Å². The molecule has 2 atom stereocenters. The van der Waals surface area contributed by atoms with Crippen molar-refractivity contribution >= 4 is 5.91 Å². The zero-order valence-electron chi connectivity index (χ0n) is 15.9. The van der Waals surface area contributed by atoms with E-state index in [1.165, 1.54) is 36.0 Å². The molecule has 0 unspecified atom stereocenters. The summed E-state index contributed by atoms with van der Waals surface area (Å²) in [5.41, 5.74) is 3.59. The van der Waals surface area contributed by atoms with Gasteiger partial charge in [0.2, 0.25) is 5.91 Å². The SMILES string of the molecule is Cc1ccc([C@@H](N[C@H](C)C(=O)NC2CCCCC2)c2ccccc2)cc1. The van der Waals surface area contributed by atoms with Crippen molar-refractivity contribution in [2.75, 3.05) is 0 Å². The molecule has 1 saturated carbocycles. The van der Waals surface area contributed by atoms with Crippen molar-refractivity contribution in [2.24, 2.45) is 0 Å². The fourth-order valence-corrected chi connectivity index (χ4v) is 3.69. The Labute approximate surface area is 157 Å².